The van der Waals surface area contributed by atoms with E-state index >= 15 is 0 Å². The number of ether oxygens (including phenoxy) is 1. The van der Waals surface area contributed by atoms with Crippen molar-refractivity contribution in [3.05, 3.63) is 179 Å². The summed E-state index contributed by atoms with van der Waals surface area (Å²) in [4.78, 5) is 10.5. The average Bonchev–Trinajstić information content (AvgIpc) is 3.89. The summed E-state index contributed by atoms with van der Waals surface area (Å²) in [5.74, 6) is 4.36. The van der Waals surface area contributed by atoms with Gasteiger partial charge in [0.05, 0.1) is 23.3 Å². The van der Waals surface area contributed by atoms with Gasteiger partial charge in [-0.05, 0) is 120 Å². The Kier molecular flexibility index (Phi) is 7.48. The molecule has 0 amide bonds. The minimum atomic E-state index is -0.109. The van der Waals surface area contributed by atoms with Gasteiger partial charge in [-0.2, -0.15) is 0 Å². The molecule has 0 saturated heterocycles. The van der Waals surface area contributed by atoms with Crippen LogP contribution in [-0.4, -0.2) is 16.1 Å². The van der Waals surface area contributed by atoms with E-state index in [1.54, 1.807) is 11.1 Å². The summed E-state index contributed by atoms with van der Waals surface area (Å²) in [5.41, 5.74) is 15.7. The van der Waals surface area contributed by atoms with E-state index in [9.17, 15) is 0 Å². The average molecular weight is 743 g/mol. The van der Waals surface area contributed by atoms with Crippen LogP contribution in [0.2, 0.25) is 0 Å². The predicted molar refractivity (Wildman–Crippen MR) is 231 cm³/mol. The molecule has 8 aliphatic rings. The van der Waals surface area contributed by atoms with E-state index in [2.05, 4.69) is 147 Å². The summed E-state index contributed by atoms with van der Waals surface area (Å²) in [6.45, 7) is 4.81. The van der Waals surface area contributed by atoms with E-state index in [0.29, 0.717) is 17.8 Å². The third kappa shape index (κ3) is 5.09. The molecule has 2 heterocycles. The highest BCUT2D eigenvalue weighted by Gasteiger charge is 2.55. The standard InChI is InChI=1S/C54H50N2O/c1-53-27-10-15-42(52(53)57-47-18-6-3-11-39(47)31-53)41-26-25-40(48-37-23-24-38(30-37)49(41)48)36-13-9-12-35(29-36)33-19-21-34(22-20-33)46-32-55-51-45-17-7-8-28-54(45,2)44-16-5-4-14-43(44)50(51)56-46/h3-19,21,25-26,28-29,32,37-38,42,45,48-49,52H,20,22-24,27,30-31H2,1-2H3. The van der Waals surface area contributed by atoms with E-state index in [0.717, 1.165) is 60.4 Å². The van der Waals surface area contributed by atoms with Gasteiger partial charge in [-0.25, -0.2) is 4.98 Å². The summed E-state index contributed by atoms with van der Waals surface area (Å²) < 4.78 is 6.99. The monoisotopic (exact) mass is 742 g/mol. The Balaban J connectivity index is 0.855. The van der Waals surface area contributed by atoms with Crippen molar-refractivity contribution in [1.29, 1.82) is 0 Å². The van der Waals surface area contributed by atoms with Crippen LogP contribution in [0.5, 0.6) is 5.75 Å². The Labute approximate surface area is 337 Å². The Morgan fingerprint density at radius 3 is 2.51 bits per heavy atom. The number of fused-ring (bicyclic) bond motifs is 13. The lowest BCUT2D eigenvalue weighted by atomic mass is 9.60. The van der Waals surface area contributed by atoms with E-state index < -0.39 is 0 Å². The number of nitrogens with zero attached hydrogens (tertiary/aromatic N) is 2. The highest BCUT2D eigenvalue weighted by atomic mass is 16.5. The SMILES string of the molecule is CC12CC=CC(C3=CC=C(c4cccc(C5=CC=C(c6cnc7c(n6)-c6ccccc6C6(C)C=CC=CC76)CC5)c4)C4C5CCC(C5)C34)C1Oc1ccccc1C2. The van der Waals surface area contributed by atoms with Gasteiger partial charge < -0.3 is 4.74 Å². The van der Waals surface area contributed by atoms with Crippen LogP contribution in [0.15, 0.2) is 145 Å². The fourth-order valence-corrected chi connectivity index (χ4v) is 12.9. The van der Waals surface area contributed by atoms with Crippen LogP contribution < -0.4 is 4.74 Å². The maximum Gasteiger partial charge on any atom is 0.123 e. The molecule has 12 rings (SSSR count). The quantitative estimate of drug-likeness (QED) is 0.195. The summed E-state index contributed by atoms with van der Waals surface area (Å²) in [6, 6.07) is 27.0. The van der Waals surface area contributed by atoms with Gasteiger partial charge in [0.25, 0.3) is 0 Å². The third-order valence-corrected chi connectivity index (χ3v) is 15.7. The van der Waals surface area contributed by atoms with E-state index in [1.807, 2.05) is 6.20 Å². The summed E-state index contributed by atoms with van der Waals surface area (Å²) in [7, 11) is 0. The Morgan fingerprint density at radius 2 is 1.60 bits per heavy atom. The van der Waals surface area contributed by atoms with Gasteiger partial charge >= 0.3 is 0 Å². The van der Waals surface area contributed by atoms with Gasteiger partial charge in [-0.15, -0.1) is 0 Å². The van der Waals surface area contributed by atoms with Crippen LogP contribution >= 0.6 is 0 Å². The number of hydrogen-bond donors (Lipinski definition) is 0. The molecule has 2 bridgehead atoms. The number of para-hydroxylation sites is 1. The molecule has 0 spiro atoms. The first kappa shape index (κ1) is 33.8. The molecular weight excluding hydrogens is 693 g/mol. The van der Waals surface area contributed by atoms with Crippen molar-refractivity contribution in [3.8, 4) is 17.0 Å². The molecule has 3 heteroatoms. The van der Waals surface area contributed by atoms with Gasteiger partial charge in [0.2, 0.25) is 0 Å². The van der Waals surface area contributed by atoms with E-state index in [4.69, 9.17) is 14.7 Å². The Hall–Kier alpha value is -5.28. The van der Waals surface area contributed by atoms with Gasteiger partial charge in [-0.1, -0.05) is 141 Å². The third-order valence-electron chi connectivity index (χ3n) is 15.7. The normalized spacial score (nSPS) is 33.6. The molecule has 7 aliphatic carbocycles. The van der Waals surface area contributed by atoms with Gasteiger partial charge in [0, 0.05) is 28.2 Å². The van der Waals surface area contributed by atoms with Crippen LogP contribution in [0.25, 0.3) is 28.0 Å². The summed E-state index contributed by atoms with van der Waals surface area (Å²) in [5, 5.41) is 0. The van der Waals surface area contributed by atoms with Crippen molar-refractivity contribution in [2.75, 3.05) is 0 Å². The van der Waals surface area contributed by atoms with Crippen molar-refractivity contribution < 1.29 is 4.74 Å². The largest absolute Gasteiger partial charge is 0.489 e. The minimum Gasteiger partial charge on any atom is -0.489 e. The van der Waals surface area contributed by atoms with Crippen LogP contribution in [0, 0.1) is 35.0 Å². The lowest BCUT2D eigenvalue weighted by Gasteiger charge is -2.50. The molecule has 282 valence electrons. The van der Waals surface area contributed by atoms with Crippen LogP contribution in [0.4, 0.5) is 0 Å². The molecule has 1 aromatic heterocycles. The molecular formula is C54H50N2O. The van der Waals surface area contributed by atoms with Crippen molar-refractivity contribution in [1.82, 2.24) is 9.97 Å². The molecule has 0 radical (unpaired) electrons. The highest BCUT2D eigenvalue weighted by Crippen LogP contribution is 2.63. The van der Waals surface area contributed by atoms with Crippen molar-refractivity contribution in [2.45, 2.75) is 76.2 Å². The minimum absolute atomic E-state index is 0.109. The molecule has 9 atom stereocenters. The van der Waals surface area contributed by atoms with Gasteiger partial charge in [0.15, 0.2) is 0 Å². The molecule has 57 heavy (non-hydrogen) atoms. The van der Waals surface area contributed by atoms with E-state index in [1.165, 1.54) is 58.2 Å². The second kappa shape index (κ2) is 12.6. The fraction of sp³-hybridized carbons (Fsp3) is 0.333. The maximum atomic E-state index is 6.99. The number of allylic oxidation sites excluding steroid dienone is 12. The lowest BCUT2D eigenvalue weighted by Crippen LogP contribution is -2.49. The lowest BCUT2D eigenvalue weighted by molar-refractivity contribution is 0.00950. The Bertz CT molecular complexity index is 2580. The maximum absolute atomic E-state index is 6.99. The first-order chi connectivity index (χ1) is 27.9. The molecule has 1 aliphatic heterocycles. The molecule has 4 aromatic rings. The van der Waals surface area contributed by atoms with Crippen LogP contribution in [-0.2, 0) is 11.8 Å². The second-order valence-corrected chi connectivity index (χ2v) is 18.8. The Morgan fingerprint density at radius 1 is 0.772 bits per heavy atom. The van der Waals surface area contributed by atoms with Crippen molar-refractivity contribution >= 4 is 16.7 Å². The zero-order valence-corrected chi connectivity index (χ0v) is 33.1. The topological polar surface area (TPSA) is 35.0 Å². The smallest absolute Gasteiger partial charge is 0.123 e. The van der Waals surface area contributed by atoms with Crippen molar-refractivity contribution in [3.63, 3.8) is 0 Å². The predicted octanol–water partition coefficient (Wildman–Crippen LogP) is 12.5. The number of rotatable bonds is 4. The zero-order chi connectivity index (χ0) is 37.9. The molecule has 0 N–H and O–H groups in total. The summed E-state index contributed by atoms with van der Waals surface area (Å²) >= 11 is 0. The molecule has 3 aromatic carbocycles. The van der Waals surface area contributed by atoms with E-state index in [-0.39, 0.29) is 22.9 Å². The number of benzene rings is 3. The highest BCUT2D eigenvalue weighted by molar-refractivity contribution is 5.81. The molecule has 2 fully saturated rings. The first-order valence-electron chi connectivity index (χ1n) is 21.6. The molecule has 9 unspecified atom stereocenters. The first-order valence-corrected chi connectivity index (χ1v) is 21.6. The van der Waals surface area contributed by atoms with Crippen molar-refractivity contribution in [2.24, 2.45) is 35.0 Å². The molecule has 2 saturated carbocycles. The second-order valence-electron chi connectivity index (χ2n) is 18.8. The molecule has 3 nitrogen and oxygen atoms in total. The van der Waals surface area contributed by atoms with Gasteiger partial charge in [0.1, 0.15) is 11.9 Å². The van der Waals surface area contributed by atoms with Crippen LogP contribution in [0.3, 0.4) is 0 Å². The van der Waals surface area contributed by atoms with Crippen LogP contribution in [0.1, 0.15) is 91.9 Å². The summed E-state index contributed by atoms with van der Waals surface area (Å²) in [6.07, 6.45) is 34.1. The zero-order valence-electron chi connectivity index (χ0n) is 33.1. The number of hydrogen-bond acceptors (Lipinski definition) is 3. The number of aromatic nitrogens is 2. The fourth-order valence-electron chi connectivity index (χ4n) is 12.9. The van der Waals surface area contributed by atoms with Gasteiger partial charge in [-0.3, -0.25) is 4.98 Å².